The molecular weight excluding hydrogens is 399 g/mol. The van der Waals surface area contributed by atoms with Crippen molar-refractivity contribution in [3.8, 4) is 11.5 Å². The second kappa shape index (κ2) is 9.34. The zero-order chi connectivity index (χ0) is 21.7. The summed E-state index contributed by atoms with van der Waals surface area (Å²) in [5.41, 5.74) is 0.835. The predicted molar refractivity (Wildman–Crippen MR) is 104 cm³/mol. The molecule has 162 valence electrons. The number of carbonyl (C=O) groups is 1. The summed E-state index contributed by atoms with van der Waals surface area (Å²) in [5, 5.41) is 2.10. The second-order valence-electron chi connectivity index (χ2n) is 7.22. The van der Waals surface area contributed by atoms with Crippen LogP contribution in [-0.2, 0) is 11.3 Å². The van der Waals surface area contributed by atoms with Gasteiger partial charge in [-0.25, -0.2) is 0 Å². The highest BCUT2D eigenvalue weighted by Gasteiger charge is 2.42. The van der Waals surface area contributed by atoms with Crippen molar-refractivity contribution >= 4 is 5.91 Å². The van der Waals surface area contributed by atoms with Crippen LogP contribution in [0.2, 0.25) is 0 Å². The summed E-state index contributed by atoms with van der Waals surface area (Å²) in [7, 11) is 1.58. The summed E-state index contributed by atoms with van der Waals surface area (Å²) in [6.07, 6.45) is -2.32. The van der Waals surface area contributed by atoms with Gasteiger partial charge in [0.15, 0.2) is 6.04 Å². The van der Waals surface area contributed by atoms with E-state index < -0.39 is 18.1 Å². The molecule has 1 aromatic heterocycles. The monoisotopic (exact) mass is 423 g/mol. The Kier molecular flexibility index (Phi) is 6.81. The number of ether oxygens (including phenoxy) is 2. The van der Waals surface area contributed by atoms with E-state index in [1.807, 2.05) is 30.0 Å². The fourth-order valence-electron chi connectivity index (χ4n) is 3.39. The van der Waals surface area contributed by atoms with Gasteiger partial charge in [0.25, 0.3) is 0 Å². The van der Waals surface area contributed by atoms with Gasteiger partial charge in [-0.1, -0.05) is 12.1 Å². The minimum Gasteiger partial charge on any atom is -0.497 e. The molecule has 0 unspecified atom stereocenters. The van der Waals surface area contributed by atoms with Gasteiger partial charge in [-0.05, 0) is 19.1 Å². The van der Waals surface area contributed by atoms with Crippen LogP contribution in [0.15, 0.2) is 42.7 Å². The van der Waals surface area contributed by atoms with Crippen molar-refractivity contribution in [2.75, 3.05) is 20.2 Å². The molecule has 2 heterocycles. The first-order valence-corrected chi connectivity index (χ1v) is 9.58. The van der Waals surface area contributed by atoms with Gasteiger partial charge in [-0.2, -0.15) is 13.2 Å². The molecule has 1 aromatic carbocycles. The molecule has 3 rings (SSSR count). The first-order chi connectivity index (χ1) is 14.3. The maximum absolute atomic E-state index is 13.4. The maximum Gasteiger partial charge on any atom is 0.412 e. The molecule has 0 saturated carbocycles. The van der Waals surface area contributed by atoms with E-state index in [-0.39, 0.29) is 18.1 Å². The molecule has 0 bridgehead atoms. The second-order valence-corrected chi connectivity index (χ2v) is 7.22. The lowest BCUT2D eigenvalue weighted by Crippen LogP contribution is -2.40. The van der Waals surface area contributed by atoms with Gasteiger partial charge in [0.05, 0.1) is 7.11 Å². The summed E-state index contributed by atoms with van der Waals surface area (Å²) in [6, 6.07) is 6.14. The average Bonchev–Trinajstić information content (AvgIpc) is 2.87. The minimum atomic E-state index is -4.61. The zero-order valence-corrected chi connectivity index (χ0v) is 16.8. The number of benzene rings is 1. The van der Waals surface area contributed by atoms with Crippen LogP contribution < -0.4 is 14.8 Å². The van der Waals surface area contributed by atoms with Gasteiger partial charge in [-0.3, -0.25) is 14.7 Å². The smallest absolute Gasteiger partial charge is 0.412 e. The first kappa shape index (κ1) is 21.9. The van der Waals surface area contributed by atoms with Crippen LogP contribution in [0, 0.1) is 0 Å². The van der Waals surface area contributed by atoms with E-state index >= 15 is 0 Å². The van der Waals surface area contributed by atoms with Crippen LogP contribution in [0.5, 0.6) is 11.5 Å². The normalized spacial score (nSPS) is 18.0. The average molecular weight is 423 g/mol. The third-order valence-electron chi connectivity index (χ3n) is 4.82. The summed E-state index contributed by atoms with van der Waals surface area (Å²) < 4.78 is 51.4. The van der Waals surface area contributed by atoms with Gasteiger partial charge in [0.2, 0.25) is 5.91 Å². The quantitative estimate of drug-likeness (QED) is 0.771. The first-order valence-electron chi connectivity index (χ1n) is 9.58. The summed E-state index contributed by atoms with van der Waals surface area (Å²) in [4.78, 5) is 18.0. The summed E-state index contributed by atoms with van der Waals surface area (Å²) in [5.74, 6) is 0.721. The Morgan fingerprint density at radius 2 is 2.20 bits per heavy atom. The molecule has 0 aliphatic carbocycles. The molecule has 0 spiro atoms. The van der Waals surface area contributed by atoms with Crippen molar-refractivity contribution in [3.05, 3.63) is 53.9 Å². The molecule has 1 aliphatic rings. The molecular formula is C21H24F3N3O3. The summed E-state index contributed by atoms with van der Waals surface area (Å²) in [6.45, 7) is 3.30. The van der Waals surface area contributed by atoms with Crippen molar-refractivity contribution in [2.24, 2.45) is 0 Å². The topological polar surface area (TPSA) is 63.7 Å². The largest absolute Gasteiger partial charge is 0.497 e. The van der Waals surface area contributed by atoms with E-state index in [2.05, 4.69) is 10.3 Å². The molecule has 2 aromatic rings. The van der Waals surface area contributed by atoms with Crippen LogP contribution in [0.1, 0.15) is 30.5 Å². The van der Waals surface area contributed by atoms with E-state index in [4.69, 9.17) is 9.47 Å². The maximum atomic E-state index is 13.4. The van der Waals surface area contributed by atoms with Crippen LogP contribution in [0.25, 0.3) is 0 Å². The Morgan fingerprint density at radius 1 is 1.40 bits per heavy atom. The van der Waals surface area contributed by atoms with Crippen molar-refractivity contribution in [1.29, 1.82) is 0 Å². The highest BCUT2D eigenvalue weighted by atomic mass is 19.4. The Bertz CT molecular complexity index is 862. The number of alkyl halides is 3. The van der Waals surface area contributed by atoms with E-state index in [9.17, 15) is 18.0 Å². The lowest BCUT2D eigenvalue weighted by molar-refractivity contribution is -0.163. The van der Waals surface area contributed by atoms with Crippen LogP contribution in [0.3, 0.4) is 0 Å². The molecule has 1 aliphatic heterocycles. The fourth-order valence-corrected chi connectivity index (χ4v) is 3.39. The van der Waals surface area contributed by atoms with E-state index in [0.717, 1.165) is 11.8 Å². The van der Waals surface area contributed by atoms with Crippen LogP contribution in [0.4, 0.5) is 13.2 Å². The zero-order valence-electron chi connectivity index (χ0n) is 16.8. The molecule has 30 heavy (non-hydrogen) atoms. The van der Waals surface area contributed by atoms with Crippen LogP contribution >= 0.6 is 0 Å². The van der Waals surface area contributed by atoms with Crippen molar-refractivity contribution in [2.45, 2.75) is 38.2 Å². The standard InChI is InChI=1S/C21H24F3N3O3/c1-14-12-27(13-16-5-6-17(29-2)10-18(16)30-14)9-7-19(28)26-20(21(22,23)24)15-4-3-8-25-11-15/h3-6,8,10-11,14,20H,7,9,12-13H2,1-2H3,(H,26,28)/t14-,20+/m0/s1. The molecule has 0 radical (unpaired) electrons. The molecule has 9 heteroatoms. The Morgan fingerprint density at radius 3 is 2.87 bits per heavy atom. The van der Waals surface area contributed by atoms with E-state index in [1.165, 1.54) is 18.3 Å². The van der Waals surface area contributed by atoms with Gasteiger partial charge >= 0.3 is 6.18 Å². The Balaban J connectivity index is 1.63. The lowest BCUT2D eigenvalue weighted by atomic mass is 10.1. The number of halogens is 3. The SMILES string of the molecule is COc1ccc2c(c1)O[C@@H](C)CN(CCC(=O)N[C@H](c1cccnc1)C(F)(F)F)C2. The number of nitrogens with zero attached hydrogens (tertiary/aromatic N) is 2. The molecule has 6 nitrogen and oxygen atoms in total. The number of nitrogens with one attached hydrogen (secondary N) is 1. The number of aromatic nitrogens is 1. The lowest BCUT2D eigenvalue weighted by Gasteiger charge is -2.24. The number of hydrogen-bond donors (Lipinski definition) is 1. The van der Waals surface area contributed by atoms with E-state index in [0.29, 0.717) is 31.1 Å². The minimum absolute atomic E-state index is 0.0644. The number of rotatable bonds is 6. The number of hydrogen-bond acceptors (Lipinski definition) is 5. The van der Waals surface area contributed by atoms with Crippen molar-refractivity contribution < 1.29 is 27.4 Å². The van der Waals surface area contributed by atoms with E-state index in [1.54, 1.807) is 7.11 Å². The Labute approximate surface area is 173 Å². The van der Waals surface area contributed by atoms with Crippen molar-refractivity contribution in [3.63, 3.8) is 0 Å². The van der Waals surface area contributed by atoms with Gasteiger partial charge in [-0.15, -0.1) is 0 Å². The van der Waals surface area contributed by atoms with Crippen LogP contribution in [-0.4, -0.2) is 48.3 Å². The highest BCUT2D eigenvalue weighted by Crippen LogP contribution is 2.32. The fraction of sp³-hybridized carbons (Fsp3) is 0.429. The molecule has 2 atom stereocenters. The number of fused-ring (bicyclic) bond motifs is 1. The number of amides is 1. The van der Waals surface area contributed by atoms with Crippen molar-refractivity contribution in [1.82, 2.24) is 15.2 Å². The summed E-state index contributed by atoms with van der Waals surface area (Å²) >= 11 is 0. The third kappa shape index (κ3) is 5.63. The van der Waals surface area contributed by atoms with Gasteiger partial charge in [0.1, 0.15) is 17.6 Å². The number of pyridine rings is 1. The third-order valence-corrected chi connectivity index (χ3v) is 4.82. The number of carbonyl (C=O) groups excluding carboxylic acids is 1. The molecule has 1 N–H and O–H groups in total. The number of methoxy groups -OCH3 is 1. The Hall–Kier alpha value is -2.81. The van der Waals surface area contributed by atoms with Gasteiger partial charge in [0, 0.05) is 55.6 Å². The molecule has 1 amide bonds. The highest BCUT2D eigenvalue weighted by molar-refractivity contribution is 5.76. The van der Waals surface area contributed by atoms with Gasteiger partial charge < -0.3 is 14.8 Å². The molecule has 0 fully saturated rings. The molecule has 0 saturated heterocycles. The predicted octanol–water partition coefficient (Wildman–Crippen LogP) is 3.48.